The summed E-state index contributed by atoms with van der Waals surface area (Å²) >= 11 is 12.2. The molecule has 0 aliphatic carbocycles. The number of amides is 1. The molecule has 16 heteroatoms. The Morgan fingerprint density at radius 3 is 2.26 bits per heavy atom. The first-order valence-corrected chi connectivity index (χ1v) is 23.0. The summed E-state index contributed by atoms with van der Waals surface area (Å²) in [5.74, 6) is -0.0701. The number of fused-ring (bicyclic) bond motifs is 2. The lowest BCUT2D eigenvalue weighted by Crippen LogP contribution is -2.55. The van der Waals surface area contributed by atoms with Crippen LogP contribution >= 0.6 is 23.2 Å². The van der Waals surface area contributed by atoms with E-state index in [-0.39, 0.29) is 36.6 Å². The SMILES string of the molecule is CCNc1ccc(S(=O)(=O)N2Cc3cc4c(cc3CC2C(=O)NC(Cc2ccc(-c3ccc(C#N)cc3)cc2)C(=O)O)OCC(c2ccc(OCc3ccc(Cl)c(Cl)c3)cc2)O4)c(C)n1. The molecular formula is C49H43Cl2N5O8S. The van der Waals surface area contributed by atoms with Gasteiger partial charge in [0.15, 0.2) is 17.6 Å². The number of rotatable bonds is 14. The number of aromatic nitrogens is 1. The van der Waals surface area contributed by atoms with Gasteiger partial charge in [-0.3, -0.25) is 4.79 Å². The monoisotopic (exact) mass is 931 g/mol. The molecule has 3 heterocycles. The molecule has 0 saturated carbocycles. The minimum Gasteiger partial charge on any atom is -0.489 e. The number of benzene rings is 5. The molecule has 0 spiro atoms. The van der Waals surface area contributed by atoms with Crippen LogP contribution in [0.2, 0.25) is 10.0 Å². The molecule has 2 aliphatic heterocycles. The van der Waals surface area contributed by atoms with E-state index >= 15 is 0 Å². The zero-order chi connectivity index (χ0) is 45.8. The Hall–Kier alpha value is -6.63. The number of sulfonamides is 1. The molecule has 65 heavy (non-hydrogen) atoms. The second-order valence-electron chi connectivity index (χ2n) is 15.7. The number of carbonyl (C=O) groups excluding carboxylic acids is 1. The van der Waals surface area contributed by atoms with Crippen molar-refractivity contribution in [2.24, 2.45) is 0 Å². The first-order chi connectivity index (χ1) is 31.3. The number of halogens is 2. The van der Waals surface area contributed by atoms with Crippen LogP contribution in [0, 0.1) is 18.3 Å². The van der Waals surface area contributed by atoms with Gasteiger partial charge in [0.2, 0.25) is 15.9 Å². The number of ether oxygens (including phenoxy) is 3. The highest BCUT2D eigenvalue weighted by molar-refractivity contribution is 7.89. The Bertz CT molecular complexity index is 2910. The number of nitriles is 1. The van der Waals surface area contributed by atoms with Gasteiger partial charge in [0, 0.05) is 19.5 Å². The van der Waals surface area contributed by atoms with Crippen LogP contribution in [-0.2, 0) is 45.6 Å². The van der Waals surface area contributed by atoms with Crippen molar-refractivity contribution < 1.29 is 37.3 Å². The molecule has 3 N–H and O–H groups in total. The van der Waals surface area contributed by atoms with Crippen LogP contribution in [0.25, 0.3) is 11.1 Å². The molecule has 0 bridgehead atoms. The predicted octanol–water partition coefficient (Wildman–Crippen LogP) is 8.69. The molecule has 0 radical (unpaired) electrons. The summed E-state index contributed by atoms with van der Waals surface area (Å²) in [6.07, 6.45) is -0.623. The van der Waals surface area contributed by atoms with Crippen molar-refractivity contribution in [3.05, 3.63) is 164 Å². The van der Waals surface area contributed by atoms with E-state index in [0.29, 0.717) is 68.5 Å². The second kappa shape index (κ2) is 19.2. The molecule has 332 valence electrons. The van der Waals surface area contributed by atoms with Gasteiger partial charge in [-0.1, -0.05) is 77.8 Å². The summed E-state index contributed by atoms with van der Waals surface area (Å²) in [6.45, 7) is 4.32. The van der Waals surface area contributed by atoms with Crippen LogP contribution in [-0.4, -0.2) is 59.9 Å². The number of anilines is 1. The maximum atomic E-state index is 14.7. The molecule has 0 saturated heterocycles. The molecule has 3 atom stereocenters. The van der Waals surface area contributed by atoms with E-state index in [1.807, 2.05) is 61.5 Å². The van der Waals surface area contributed by atoms with Crippen molar-refractivity contribution in [1.82, 2.24) is 14.6 Å². The normalized spacial score (nSPS) is 16.1. The van der Waals surface area contributed by atoms with Gasteiger partial charge in [-0.05, 0) is 120 Å². The number of aryl methyl sites for hydroxylation is 1. The fraction of sp³-hybridized carbons (Fsp3) is 0.224. The van der Waals surface area contributed by atoms with Gasteiger partial charge in [-0.25, -0.2) is 18.2 Å². The van der Waals surface area contributed by atoms with Gasteiger partial charge in [0.25, 0.3) is 0 Å². The van der Waals surface area contributed by atoms with Gasteiger partial charge < -0.3 is 30.0 Å². The molecule has 0 fully saturated rings. The maximum absolute atomic E-state index is 14.7. The number of carboxylic acid groups (broad SMARTS) is 1. The predicted molar refractivity (Wildman–Crippen MR) is 246 cm³/mol. The van der Waals surface area contributed by atoms with Crippen molar-refractivity contribution in [2.45, 2.75) is 62.9 Å². The number of hydrogen-bond donors (Lipinski definition) is 3. The Morgan fingerprint density at radius 1 is 0.908 bits per heavy atom. The molecule has 2 aliphatic rings. The van der Waals surface area contributed by atoms with Crippen molar-refractivity contribution in [2.75, 3.05) is 18.5 Å². The molecule has 1 amide bonds. The fourth-order valence-corrected chi connectivity index (χ4v) is 9.89. The average Bonchev–Trinajstić information content (AvgIpc) is 3.31. The summed E-state index contributed by atoms with van der Waals surface area (Å²) in [6, 6.07) is 33.0. The highest BCUT2D eigenvalue weighted by atomic mass is 35.5. The first kappa shape index (κ1) is 45.0. The lowest BCUT2D eigenvalue weighted by molar-refractivity contribution is -0.142. The Morgan fingerprint density at radius 2 is 1.60 bits per heavy atom. The summed E-state index contributed by atoms with van der Waals surface area (Å²) in [4.78, 5) is 31.4. The standard InChI is InChI=1S/C49H43Cl2N5O8S/c1-3-53-47-19-18-46(29(2)54-47)65(60,61)56-26-37-24-44-43(63-28-45(64-44)35-13-15-38(16-14-35)62-27-32-8-17-39(50)40(51)20-32)23-36(37)22-42(56)48(57)55-41(49(58)59)21-30-4-9-33(10-5-30)34-11-6-31(25-52)7-12-34/h4-20,23-24,41-42,45H,3,21-22,26-28H2,1-2H3,(H,53,54)(H,55,57)(H,58,59). The van der Waals surface area contributed by atoms with Crippen molar-refractivity contribution in [3.8, 4) is 34.4 Å². The lowest BCUT2D eigenvalue weighted by Gasteiger charge is -2.37. The maximum Gasteiger partial charge on any atom is 0.326 e. The largest absolute Gasteiger partial charge is 0.489 e. The third-order valence-electron chi connectivity index (χ3n) is 11.3. The number of carbonyl (C=O) groups is 2. The van der Waals surface area contributed by atoms with Crippen LogP contribution in [0.5, 0.6) is 17.2 Å². The van der Waals surface area contributed by atoms with Crippen LogP contribution in [0.3, 0.4) is 0 Å². The lowest BCUT2D eigenvalue weighted by atomic mass is 9.93. The molecule has 6 aromatic rings. The van der Waals surface area contributed by atoms with Gasteiger partial charge in [0.1, 0.15) is 41.8 Å². The van der Waals surface area contributed by atoms with E-state index in [9.17, 15) is 23.1 Å². The molecule has 8 rings (SSSR count). The van der Waals surface area contributed by atoms with Crippen LogP contribution in [0.1, 0.15) is 52.1 Å². The van der Waals surface area contributed by atoms with Gasteiger partial charge >= 0.3 is 5.97 Å². The zero-order valence-corrected chi connectivity index (χ0v) is 37.6. The summed E-state index contributed by atoms with van der Waals surface area (Å²) in [5.41, 5.74) is 6.10. The third kappa shape index (κ3) is 10.0. The topological polar surface area (TPSA) is 180 Å². The van der Waals surface area contributed by atoms with E-state index in [1.54, 1.807) is 61.5 Å². The van der Waals surface area contributed by atoms with E-state index in [2.05, 4.69) is 21.7 Å². The number of nitrogens with zero attached hydrogens (tertiary/aromatic N) is 3. The summed E-state index contributed by atoms with van der Waals surface area (Å²) in [5, 5.41) is 26.1. The van der Waals surface area contributed by atoms with Crippen LogP contribution in [0.15, 0.2) is 120 Å². The number of nitrogens with one attached hydrogen (secondary N) is 2. The van der Waals surface area contributed by atoms with Gasteiger partial charge in [-0.15, -0.1) is 0 Å². The molecule has 5 aromatic carbocycles. The molecule has 3 unspecified atom stereocenters. The minimum atomic E-state index is -4.40. The molecule has 1 aromatic heterocycles. The average molecular weight is 933 g/mol. The Balaban J connectivity index is 1.03. The van der Waals surface area contributed by atoms with E-state index in [0.717, 1.165) is 26.6 Å². The smallest absolute Gasteiger partial charge is 0.326 e. The summed E-state index contributed by atoms with van der Waals surface area (Å²) < 4.78 is 49.1. The van der Waals surface area contributed by atoms with Gasteiger partial charge in [-0.2, -0.15) is 9.57 Å². The van der Waals surface area contributed by atoms with Gasteiger partial charge in [0.05, 0.1) is 27.4 Å². The fourth-order valence-electron chi connectivity index (χ4n) is 7.84. The van der Waals surface area contributed by atoms with E-state index < -0.39 is 40.1 Å². The number of carboxylic acids is 1. The minimum absolute atomic E-state index is 0.0615. The van der Waals surface area contributed by atoms with Crippen molar-refractivity contribution in [3.63, 3.8) is 0 Å². The molecular weight excluding hydrogens is 890 g/mol. The van der Waals surface area contributed by atoms with E-state index in [1.165, 1.54) is 6.07 Å². The molecule has 13 nitrogen and oxygen atoms in total. The third-order valence-corrected chi connectivity index (χ3v) is 14.0. The van der Waals surface area contributed by atoms with Crippen LogP contribution < -0.4 is 24.8 Å². The number of aliphatic carboxylic acids is 1. The highest BCUT2D eigenvalue weighted by Crippen LogP contribution is 2.42. The van der Waals surface area contributed by atoms with Crippen LogP contribution in [0.4, 0.5) is 5.82 Å². The Labute approximate surface area is 386 Å². The van der Waals surface area contributed by atoms with Crippen molar-refractivity contribution in [1.29, 1.82) is 5.26 Å². The first-order valence-electron chi connectivity index (χ1n) is 20.8. The number of pyridine rings is 1. The second-order valence-corrected chi connectivity index (χ2v) is 18.3. The Kier molecular flexibility index (Phi) is 13.3. The highest BCUT2D eigenvalue weighted by Gasteiger charge is 2.42. The quantitative estimate of drug-likeness (QED) is 0.0951. The summed E-state index contributed by atoms with van der Waals surface area (Å²) in [7, 11) is -4.40. The van der Waals surface area contributed by atoms with Crippen molar-refractivity contribution >= 4 is 50.9 Å². The zero-order valence-electron chi connectivity index (χ0n) is 35.3. The number of hydrogen-bond acceptors (Lipinski definition) is 10. The van der Waals surface area contributed by atoms with E-state index in [4.69, 9.17) is 42.7 Å².